The minimum atomic E-state index is -0.498. The van der Waals surface area contributed by atoms with Crippen LogP contribution in [0.2, 0.25) is 0 Å². The number of fused-ring (bicyclic) bond motifs is 2. The third-order valence-electron chi connectivity index (χ3n) is 5.84. The highest BCUT2D eigenvalue weighted by atomic mass is 19.1. The van der Waals surface area contributed by atoms with Gasteiger partial charge in [-0.2, -0.15) is 0 Å². The average Bonchev–Trinajstić information content (AvgIpc) is 3.29. The highest BCUT2D eigenvalue weighted by Crippen LogP contribution is 2.35. The van der Waals surface area contributed by atoms with Crippen LogP contribution in [0.15, 0.2) is 12.3 Å². The van der Waals surface area contributed by atoms with Crippen LogP contribution in [0.4, 0.5) is 10.2 Å². The summed E-state index contributed by atoms with van der Waals surface area (Å²) in [6.07, 6.45) is 2.75. The molecule has 3 aliphatic heterocycles. The van der Waals surface area contributed by atoms with Crippen molar-refractivity contribution in [2.75, 3.05) is 18.5 Å². The molecule has 4 N–H and O–H groups in total. The molecule has 9 heteroatoms. The second-order valence-electron chi connectivity index (χ2n) is 7.93. The smallest absolute Gasteiger partial charge is 0.254 e. The van der Waals surface area contributed by atoms with Gasteiger partial charge in [0.05, 0.1) is 30.6 Å². The van der Waals surface area contributed by atoms with Crippen molar-refractivity contribution in [2.45, 2.75) is 51.2 Å². The van der Waals surface area contributed by atoms with Crippen LogP contribution in [0.3, 0.4) is 0 Å². The minimum absolute atomic E-state index is 0.116. The number of aromatic nitrogens is 2. The summed E-state index contributed by atoms with van der Waals surface area (Å²) >= 11 is 0. The molecule has 0 bridgehead atoms. The Morgan fingerprint density at radius 2 is 2.31 bits per heavy atom. The Morgan fingerprint density at radius 3 is 3.14 bits per heavy atom. The third kappa shape index (κ3) is 3.19. The summed E-state index contributed by atoms with van der Waals surface area (Å²) in [5.41, 5.74) is 9.04. The third-order valence-corrected chi connectivity index (χ3v) is 5.84. The van der Waals surface area contributed by atoms with Gasteiger partial charge in [0.25, 0.3) is 5.91 Å². The lowest BCUT2D eigenvalue weighted by Crippen LogP contribution is -2.48. The van der Waals surface area contributed by atoms with E-state index in [2.05, 4.69) is 20.2 Å². The predicted molar refractivity (Wildman–Crippen MR) is 104 cm³/mol. The van der Waals surface area contributed by atoms with Crippen LogP contribution in [-0.4, -0.2) is 46.9 Å². The number of ether oxygens (including phenoxy) is 2. The van der Waals surface area contributed by atoms with Crippen LogP contribution in [0.1, 0.15) is 35.0 Å². The van der Waals surface area contributed by atoms with E-state index in [4.69, 9.17) is 15.2 Å². The standard InChI is InChI=1S/C20H24FN5O3/c1-10-6-26-7-11(4-12(26)8-29-10)18-16-13(5-23-20(16)27)17(21)19(25-18)24-15-2-3-28-9-14(15)22/h4,7,10,14-15H,2-3,5-6,8-9,22H2,1H3,(H,23,27)(H,24,25)/t10?,14-,15+/m0/s1. The van der Waals surface area contributed by atoms with Crippen molar-refractivity contribution >= 4 is 11.7 Å². The summed E-state index contributed by atoms with van der Waals surface area (Å²) in [4.78, 5) is 17.0. The van der Waals surface area contributed by atoms with Crippen LogP contribution < -0.4 is 16.4 Å². The molecule has 29 heavy (non-hydrogen) atoms. The molecule has 0 spiro atoms. The molecule has 5 heterocycles. The molecule has 3 aliphatic rings. The fraction of sp³-hybridized carbons (Fsp3) is 0.500. The van der Waals surface area contributed by atoms with Crippen LogP contribution >= 0.6 is 0 Å². The largest absolute Gasteiger partial charge is 0.380 e. The summed E-state index contributed by atoms with van der Waals surface area (Å²) < 4.78 is 28.4. The number of carbonyl (C=O) groups is 1. The normalized spacial score (nSPS) is 26.0. The Kier molecular flexibility index (Phi) is 4.53. The number of hydrogen-bond acceptors (Lipinski definition) is 6. The van der Waals surface area contributed by atoms with Gasteiger partial charge in [-0.05, 0) is 19.4 Å². The molecular formula is C20H24FN5O3. The molecular weight excluding hydrogens is 377 g/mol. The van der Waals surface area contributed by atoms with Crippen molar-refractivity contribution in [3.63, 3.8) is 0 Å². The molecule has 3 atom stereocenters. The van der Waals surface area contributed by atoms with E-state index >= 15 is 4.39 Å². The molecule has 1 fully saturated rings. The molecule has 2 aromatic heterocycles. The van der Waals surface area contributed by atoms with Crippen molar-refractivity contribution in [1.82, 2.24) is 14.9 Å². The van der Waals surface area contributed by atoms with Gasteiger partial charge >= 0.3 is 0 Å². The summed E-state index contributed by atoms with van der Waals surface area (Å²) in [5.74, 6) is -0.669. The monoisotopic (exact) mass is 401 g/mol. The maximum absolute atomic E-state index is 15.2. The van der Waals surface area contributed by atoms with Gasteiger partial charge in [0.15, 0.2) is 11.6 Å². The van der Waals surface area contributed by atoms with E-state index in [9.17, 15) is 4.79 Å². The lowest BCUT2D eigenvalue weighted by atomic mass is 10.0. The average molecular weight is 401 g/mol. The van der Waals surface area contributed by atoms with Crippen LogP contribution in [0.25, 0.3) is 11.3 Å². The quantitative estimate of drug-likeness (QED) is 0.718. The van der Waals surface area contributed by atoms with Crippen molar-refractivity contribution < 1.29 is 18.7 Å². The highest BCUT2D eigenvalue weighted by molar-refractivity contribution is 6.04. The zero-order valence-corrected chi connectivity index (χ0v) is 16.2. The Labute approximate surface area is 167 Å². The number of anilines is 1. The molecule has 1 amide bonds. The van der Waals surface area contributed by atoms with E-state index in [1.807, 2.05) is 19.2 Å². The lowest BCUT2D eigenvalue weighted by molar-refractivity contribution is 0.0167. The first-order valence-electron chi connectivity index (χ1n) is 9.92. The number of nitrogens with one attached hydrogen (secondary N) is 2. The number of halogens is 1. The number of nitrogens with two attached hydrogens (primary N) is 1. The molecule has 1 unspecified atom stereocenters. The topological polar surface area (TPSA) is 103 Å². The summed E-state index contributed by atoms with van der Waals surface area (Å²) in [7, 11) is 0. The van der Waals surface area contributed by atoms with E-state index < -0.39 is 5.82 Å². The van der Waals surface area contributed by atoms with Crippen LogP contribution in [0.5, 0.6) is 0 Å². The molecule has 2 aromatic rings. The van der Waals surface area contributed by atoms with Crippen molar-refractivity contribution in [1.29, 1.82) is 0 Å². The molecule has 1 saturated heterocycles. The summed E-state index contributed by atoms with van der Waals surface area (Å²) in [6.45, 7) is 4.38. The molecule has 0 saturated carbocycles. The van der Waals surface area contributed by atoms with Crippen molar-refractivity contribution in [3.8, 4) is 11.3 Å². The Hall–Kier alpha value is -2.49. The molecule has 0 radical (unpaired) electrons. The maximum atomic E-state index is 15.2. The SMILES string of the molecule is CC1Cn2cc(-c3nc(N[C@@H]4CCOC[C@@H]4N)c(F)c4c3C(=O)NC4)cc2CO1. The fourth-order valence-electron chi connectivity index (χ4n) is 4.23. The number of nitrogens with zero attached hydrogens (tertiary/aromatic N) is 2. The zero-order chi connectivity index (χ0) is 20.1. The van der Waals surface area contributed by atoms with E-state index in [-0.39, 0.29) is 36.5 Å². The highest BCUT2D eigenvalue weighted by Gasteiger charge is 2.32. The van der Waals surface area contributed by atoms with Gasteiger partial charge in [-0.25, -0.2) is 9.37 Å². The Morgan fingerprint density at radius 1 is 1.45 bits per heavy atom. The van der Waals surface area contributed by atoms with Gasteiger partial charge < -0.3 is 30.4 Å². The van der Waals surface area contributed by atoms with Crippen LogP contribution in [-0.2, 0) is 29.2 Å². The van der Waals surface area contributed by atoms with Gasteiger partial charge in [-0.1, -0.05) is 0 Å². The van der Waals surface area contributed by atoms with E-state index in [1.165, 1.54) is 0 Å². The van der Waals surface area contributed by atoms with Gasteiger partial charge in [-0.3, -0.25) is 4.79 Å². The number of pyridine rings is 1. The van der Waals surface area contributed by atoms with E-state index in [1.54, 1.807) is 0 Å². The predicted octanol–water partition coefficient (Wildman–Crippen LogP) is 1.38. The Balaban J connectivity index is 1.58. The summed E-state index contributed by atoms with van der Waals surface area (Å²) in [6, 6.07) is 1.57. The van der Waals surface area contributed by atoms with E-state index in [0.29, 0.717) is 43.1 Å². The van der Waals surface area contributed by atoms with Gasteiger partial charge in [0.1, 0.15) is 0 Å². The van der Waals surface area contributed by atoms with Gasteiger partial charge in [0, 0.05) is 54.8 Å². The first kappa shape index (κ1) is 18.5. The second kappa shape index (κ2) is 7.08. The Bertz CT molecular complexity index is 976. The maximum Gasteiger partial charge on any atom is 0.254 e. The van der Waals surface area contributed by atoms with Crippen molar-refractivity contribution in [3.05, 3.63) is 34.9 Å². The molecule has 0 aliphatic carbocycles. The number of carbonyl (C=O) groups excluding carboxylic acids is 1. The molecule has 154 valence electrons. The number of rotatable bonds is 3. The number of amides is 1. The van der Waals surface area contributed by atoms with Gasteiger partial charge in [0.2, 0.25) is 0 Å². The van der Waals surface area contributed by atoms with Gasteiger partial charge in [-0.15, -0.1) is 0 Å². The minimum Gasteiger partial charge on any atom is -0.380 e. The van der Waals surface area contributed by atoms with E-state index in [0.717, 1.165) is 17.8 Å². The summed E-state index contributed by atoms with van der Waals surface area (Å²) in [5, 5.41) is 5.88. The molecule has 8 nitrogen and oxygen atoms in total. The molecule has 5 rings (SSSR count). The first-order chi connectivity index (χ1) is 14.0. The first-order valence-corrected chi connectivity index (χ1v) is 9.92. The lowest BCUT2D eigenvalue weighted by Gasteiger charge is -2.30. The fourth-order valence-corrected chi connectivity index (χ4v) is 4.23. The number of hydrogen-bond donors (Lipinski definition) is 3. The zero-order valence-electron chi connectivity index (χ0n) is 16.2. The van der Waals surface area contributed by atoms with Crippen molar-refractivity contribution in [2.24, 2.45) is 5.73 Å². The molecule has 0 aromatic carbocycles. The second-order valence-corrected chi connectivity index (χ2v) is 7.93. The van der Waals surface area contributed by atoms with Crippen LogP contribution in [0, 0.1) is 5.82 Å².